The van der Waals surface area contributed by atoms with E-state index in [1.807, 2.05) is 0 Å². The van der Waals surface area contributed by atoms with E-state index < -0.39 is 11.8 Å². The summed E-state index contributed by atoms with van der Waals surface area (Å²) in [5.41, 5.74) is -0.530. The van der Waals surface area contributed by atoms with Crippen LogP contribution in [-0.4, -0.2) is 11.8 Å². The van der Waals surface area contributed by atoms with Gasteiger partial charge in [0.1, 0.15) is 11.4 Å². The SMILES string of the molecule is CC(C)(C)OC(=O)Oc1cc[c]cc1. The first kappa shape index (κ1) is 10.6. The molecule has 0 heterocycles. The van der Waals surface area contributed by atoms with Crippen molar-refractivity contribution in [3.05, 3.63) is 30.3 Å². The van der Waals surface area contributed by atoms with E-state index in [0.717, 1.165) is 0 Å². The molecule has 0 atom stereocenters. The molecule has 14 heavy (non-hydrogen) atoms. The summed E-state index contributed by atoms with van der Waals surface area (Å²) >= 11 is 0. The molecule has 1 rings (SSSR count). The van der Waals surface area contributed by atoms with Gasteiger partial charge in [-0.3, -0.25) is 0 Å². The zero-order chi connectivity index (χ0) is 10.6. The molecule has 0 fully saturated rings. The Morgan fingerprint density at radius 3 is 2.36 bits per heavy atom. The van der Waals surface area contributed by atoms with Crippen LogP contribution < -0.4 is 4.74 Å². The van der Waals surface area contributed by atoms with Gasteiger partial charge in [-0.15, -0.1) is 0 Å². The Labute approximate surface area is 83.6 Å². The zero-order valence-electron chi connectivity index (χ0n) is 8.53. The lowest BCUT2D eigenvalue weighted by molar-refractivity contribution is 0.0206. The molecule has 75 valence electrons. The predicted molar refractivity (Wildman–Crippen MR) is 52.1 cm³/mol. The van der Waals surface area contributed by atoms with Crippen molar-refractivity contribution < 1.29 is 14.3 Å². The lowest BCUT2D eigenvalue weighted by Crippen LogP contribution is -2.25. The van der Waals surface area contributed by atoms with E-state index in [2.05, 4.69) is 6.07 Å². The minimum atomic E-state index is -0.691. The molecule has 1 radical (unpaired) electrons. The zero-order valence-corrected chi connectivity index (χ0v) is 8.53. The molecule has 0 aromatic heterocycles. The number of ether oxygens (including phenoxy) is 2. The fourth-order valence-electron chi connectivity index (χ4n) is 0.807. The van der Waals surface area contributed by atoms with Crippen molar-refractivity contribution in [2.24, 2.45) is 0 Å². The Balaban J connectivity index is 2.50. The monoisotopic (exact) mass is 193 g/mol. The maximum atomic E-state index is 11.2. The smallest absolute Gasteiger partial charge is 0.428 e. The Hall–Kier alpha value is -1.51. The van der Waals surface area contributed by atoms with Gasteiger partial charge >= 0.3 is 6.16 Å². The number of carbonyl (C=O) groups is 1. The molecule has 0 amide bonds. The van der Waals surface area contributed by atoms with Crippen LogP contribution in [0.25, 0.3) is 0 Å². The van der Waals surface area contributed by atoms with Crippen LogP contribution in [0.15, 0.2) is 24.3 Å². The van der Waals surface area contributed by atoms with Crippen molar-refractivity contribution in [3.63, 3.8) is 0 Å². The van der Waals surface area contributed by atoms with Gasteiger partial charge in [0.05, 0.1) is 0 Å². The fourth-order valence-corrected chi connectivity index (χ4v) is 0.807. The normalized spacial score (nSPS) is 10.8. The van der Waals surface area contributed by atoms with Crippen LogP contribution in [0.3, 0.4) is 0 Å². The van der Waals surface area contributed by atoms with Gasteiger partial charge in [-0.2, -0.15) is 0 Å². The summed E-state index contributed by atoms with van der Waals surface area (Å²) in [6, 6.07) is 9.44. The molecule has 0 aliphatic rings. The van der Waals surface area contributed by atoms with Crippen LogP contribution in [0, 0.1) is 6.07 Å². The van der Waals surface area contributed by atoms with E-state index in [1.165, 1.54) is 0 Å². The van der Waals surface area contributed by atoms with Crippen molar-refractivity contribution in [2.75, 3.05) is 0 Å². The molecule has 0 aliphatic heterocycles. The molecule has 1 aromatic rings. The highest BCUT2D eigenvalue weighted by molar-refractivity contribution is 5.64. The maximum absolute atomic E-state index is 11.2. The molecule has 3 nitrogen and oxygen atoms in total. The van der Waals surface area contributed by atoms with Crippen LogP contribution in [0.1, 0.15) is 20.8 Å². The Bertz CT molecular complexity index is 298. The second-order valence-electron chi connectivity index (χ2n) is 3.80. The van der Waals surface area contributed by atoms with Crippen molar-refractivity contribution in [1.82, 2.24) is 0 Å². The number of hydrogen-bond donors (Lipinski definition) is 0. The predicted octanol–water partition coefficient (Wildman–Crippen LogP) is 2.80. The molecule has 1 aromatic carbocycles. The third kappa shape index (κ3) is 3.94. The average Bonchev–Trinajstić information content (AvgIpc) is 2.02. The van der Waals surface area contributed by atoms with Gasteiger partial charge in [0, 0.05) is 0 Å². The lowest BCUT2D eigenvalue weighted by atomic mass is 10.2. The molecule has 0 aliphatic carbocycles. The van der Waals surface area contributed by atoms with Gasteiger partial charge < -0.3 is 9.47 Å². The van der Waals surface area contributed by atoms with E-state index in [4.69, 9.17) is 9.47 Å². The molecular weight excluding hydrogens is 180 g/mol. The minimum Gasteiger partial charge on any atom is -0.428 e. The van der Waals surface area contributed by atoms with Gasteiger partial charge in [0.15, 0.2) is 0 Å². The second kappa shape index (κ2) is 4.13. The van der Waals surface area contributed by atoms with Crippen molar-refractivity contribution in [3.8, 4) is 5.75 Å². The van der Waals surface area contributed by atoms with Crippen LogP contribution in [0.5, 0.6) is 5.75 Å². The first-order chi connectivity index (χ1) is 6.47. The lowest BCUT2D eigenvalue weighted by Gasteiger charge is -2.18. The van der Waals surface area contributed by atoms with E-state index in [9.17, 15) is 4.79 Å². The molecule has 0 N–H and O–H groups in total. The summed E-state index contributed by atoms with van der Waals surface area (Å²) in [7, 11) is 0. The number of rotatable bonds is 1. The summed E-state index contributed by atoms with van der Waals surface area (Å²) in [6.45, 7) is 5.35. The molecule has 0 bridgehead atoms. The van der Waals surface area contributed by atoms with Gasteiger partial charge in [-0.25, -0.2) is 4.79 Å². The maximum Gasteiger partial charge on any atom is 0.514 e. The number of carbonyl (C=O) groups excluding carboxylic acids is 1. The topological polar surface area (TPSA) is 35.5 Å². The molecule has 0 unspecified atom stereocenters. The molecule has 0 saturated carbocycles. The Morgan fingerprint density at radius 2 is 1.86 bits per heavy atom. The number of hydrogen-bond acceptors (Lipinski definition) is 3. The van der Waals surface area contributed by atoms with Gasteiger partial charge in [-0.05, 0) is 39.0 Å². The highest BCUT2D eigenvalue weighted by Gasteiger charge is 2.17. The van der Waals surface area contributed by atoms with Crippen molar-refractivity contribution >= 4 is 6.16 Å². The van der Waals surface area contributed by atoms with Gasteiger partial charge in [-0.1, -0.05) is 12.1 Å². The van der Waals surface area contributed by atoms with Gasteiger partial charge in [0.2, 0.25) is 0 Å². The summed E-state index contributed by atoms with van der Waals surface area (Å²) in [5, 5.41) is 0. The van der Waals surface area contributed by atoms with Gasteiger partial charge in [0.25, 0.3) is 0 Å². The largest absolute Gasteiger partial charge is 0.514 e. The molecule has 0 spiro atoms. The minimum absolute atomic E-state index is 0.456. The van der Waals surface area contributed by atoms with Crippen LogP contribution in [0.4, 0.5) is 4.79 Å². The highest BCUT2D eigenvalue weighted by atomic mass is 16.7. The molecule has 0 saturated heterocycles. The first-order valence-electron chi connectivity index (χ1n) is 4.34. The Kier molecular flexibility index (Phi) is 3.12. The van der Waals surface area contributed by atoms with E-state index in [0.29, 0.717) is 5.75 Å². The fraction of sp³-hybridized carbons (Fsp3) is 0.364. The summed E-state index contributed by atoms with van der Waals surface area (Å²) in [6.07, 6.45) is -0.691. The van der Waals surface area contributed by atoms with Crippen LogP contribution in [0.2, 0.25) is 0 Å². The standard InChI is InChI=1S/C11H13O3/c1-11(2,3)14-10(12)13-9-7-5-4-6-8-9/h5-8H,1-3H3. The molecule has 3 heteroatoms. The average molecular weight is 193 g/mol. The highest BCUT2D eigenvalue weighted by Crippen LogP contribution is 2.12. The van der Waals surface area contributed by atoms with Crippen LogP contribution >= 0.6 is 0 Å². The third-order valence-corrected chi connectivity index (χ3v) is 1.28. The van der Waals surface area contributed by atoms with E-state index >= 15 is 0 Å². The van der Waals surface area contributed by atoms with E-state index in [1.54, 1.807) is 45.0 Å². The summed E-state index contributed by atoms with van der Waals surface area (Å²) in [4.78, 5) is 11.2. The third-order valence-electron chi connectivity index (χ3n) is 1.28. The van der Waals surface area contributed by atoms with Crippen molar-refractivity contribution in [2.45, 2.75) is 26.4 Å². The quantitative estimate of drug-likeness (QED) is 0.508. The van der Waals surface area contributed by atoms with E-state index in [-0.39, 0.29) is 0 Å². The summed E-state index contributed by atoms with van der Waals surface area (Å²) < 4.78 is 9.88. The number of benzene rings is 1. The molecular formula is C11H13O3. The Morgan fingerprint density at radius 1 is 1.29 bits per heavy atom. The van der Waals surface area contributed by atoms with Crippen LogP contribution in [-0.2, 0) is 4.74 Å². The summed E-state index contributed by atoms with van der Waals surface area (Å²) in [5.74, 6) is 0.456. The first-order valence-corrected chi connectivity index (χ1v) is 4.34. The second-order valence-corrected chi connectivity index (χ2v) is 3.80. The van der Waals surface area contributed by atoms with Crippen molar-refractivity contribution in [1.29, 1.82) is 0 Å².